The molecule has 0 radical (unpaired) electrons. The molecule has 3 heterocycles. The summed E-state index contributed by atoms with van der Waals surface area (Å²) in [7, 11) is 0. The maximum atomic E-state index is 12.6. The van der Waals surface area contributed by atoms with Crippen molar-refractivity contribution in [2.75, 3.05) is 26.2 Å². The molecule has 1 aromatic heterocycles. The minimum absolute atomic E-state index is 0.0384. The van der Waals surface area contributed by atoms with Crippen molar-refractivity contribution < 1.29 is 14.4 Å². The number of hydrogen-bond donors (Lipinski definition) is 2. The summed E-state index contributed by atoms with van der Waals surface area (Å²) in [5.41, 5.74) is 3.15. The van der Waals surface area contributed by atoms with E-state index in [0.717, 1.165) is 34.6 Å². The Bertz CT molecular complexity index is 847. The van der Waals surface area contributed by atoms with Crippen LogP contribution in [0.5, 0.6) is 0 Å². The summed E-state index contributed by atoms with van der Waals surface area (Å²) in [6.45, 7) is 0.938. The topological polar surface area (TPSA) is 98.4 Å². The van der Waals surface area contributed by atoms with Crippen LogP contribution in [0.2, 0.25) is 0 Å². The van der Waals surface area contributed by atoms with Crippen LogP contribution in [-0.4, -0.2) is 64.0 Å². The van der Waals surface area contributed by atoms with Crippen LogP contribution in [0.25, 0.3) is 11.1 Å². The van der Waals surface area contributed by atoms with Crippen LogP contribution >= 0.6 is 0 Å². The molecule has 2 fully saturated rings. The highest BCUT2D eigenvalue weighted by Gasteiger charge is 2.33. The molecule has 8 nitrogen and oxygen atoms in total. The summed E-state index contributed by atoms with van der Waals surface area (Å²) < 4.78 is 0. The van der Waals surface area contributed by atoms with Gasteiger partial charge in [0.15, 0.2) is 0 Å². The van der Waals surface area contributed by atoms with E-state index in [-0.39, 0.29) is 30.8 Å². The van der Waals surface area contributed by atoms with Gasteiger partial charge in [0.1, 0.15) is 6.54 Å². The number of carbonyl (C=O) groups excluding carboxylic acids is 3. The van der Waals surface area contributed by atoms with E-state index < -0.39 is 6.03 Å². The SMILES string of the molecule is O=C(CN1C(=O)CNC1=O)N1CCCC(c2[nH]ncc2-c2ccccc2)C1. The van der Waals surface area contributed by atoms with Crippen molar-refractivity contribution in [1.29, 1.82) is 0 Å². The predicted molar refractivity (Wildman–Crippen MR) is 97.7 cm³/mol. The molecule has 4 rings (SSSR count). The lowest BCUT2D eigenvalue weighted by Gasteiger charge is -2.33. The number of urea groups is 1. The molecule has 0 aliphatic carbocycles. The highest BCUT2D eigenvalue weighted by atomic mass is 16.2. The van der Waals surface area contributed by atoms with Gasteiger partial charge < -0.3 is 10.2 Å². The maximum Gasteiger partial charge on any atom is 0.325 e. The second kappa shape index (κ2) is 7.22. The lowest BCUT2D eigenvalue weighted by Crippen LogP contribution is -2.46. The number of hydrogen-bond acceptors (Lipinski definition) is 4. The number of H-pyrrole nitrogens is 1. The lowest BCUT2D eigenvalue weighted by atomic mass is 9.90. The van der Waals surface area contributed by atoms with Gasteiger partial charge in [-0.1, -0.05) is 30.3 Å². The van der Waals surface area contributed by atoms with Gasteiger partial charge in [0, 0.05) is 30.3 Å². The van der Waals surface area contributed by atoms with Crippen molar-refractivity contribution in [2.45, 2.75) is 18.8 Å². The molecule has 2 N–H and O–H groups in total. The van der Waals surface area contributed by atoms with E-state index >= 15 is 0 Å². The number of rotatable bonds is 4. The van der Waals surface area contributed by atoms with E-state index in [1.165, 1.54) is 0 Å². The fourth-order valence-corrected chi connectivity index (χ4v) is 3.74. The standard InChI is InChI=1S/C19H21N5O3/c25-16-10-20-19(27)24(16)12-17(26)23-8-4-7-14(11-23)18-15(9-21-22-18)13-5-2-1-3-6-13/h1-3,5-6,9,14H,4,7-8,10-12H2,(H,20,27)(H,21,22). The third-order valence-electron chi connectivity index (χ3n) is 5.17. The monoisotopic (exact) mass is 367 g/mol. The van der Waals surface area contributed by atoms with Crippen molar-refractivity contribution in [1.82, 2.24) is 25.3 Å². The number of amides is 4. The zero-order chi connectivity index (χ0) is 18.8. The molecular formula is C19H21N5O3. The fraction of sp³-hybridized carbons (Fsp3) is 0.368. The van der Waals surface area contributed by atoms with Gasteiger partial charge in [0.25, 0.3) is 5.91 Å². The van der Waals surface area contributed by atoms with Crippen molar-refractivity contribution >= 4 is 17.8 Å². The Labute approximate surface area is 156 Å². The van der Waals surface area contributed by atoms with Gasteiger partial charge in [-0.05, 0) is 18.4 Å². The van der Waals surface area contributed by atoms with Gasteiger partial charge in [-0.2, -0.15) is 5.10 Å². The van der Waals surface area contributed by atoms with Crippen LogP contribution in [0, 0.1) is 0 Å². The van der Waals surface area contributed by atoms with Crippen LogP contribution in [0.4, 0.5) is 4.79 Å². The molecule has 27 heavy (non-hydrogen) atoms. The third kappa shape index (κ3) is 3.42. The average Bonchev–Trinajstić information content (AvgIpc) is 3.31. The van der Waals surface area contributed by atoms with Crippen molar-refractivity contribution in [3.8, 4) is 11.1 Å². The van der Waals surface area contributed by atoms with Gasteiger partial charge >= 0.3 is 6.03 Å². The van der Waals surface area contributed by atoms with E-state index in [4.69, 9.17) is 0 Å². The fourth-order valence-electron chi connectivity index (χ4n) is 3.74. The summed E-state index contributed by atoms with van der Waals surface area (Å²) in [6.07, 6.45) is 3.64. The van der Waals surface area contributed by atoms with E-state index in [0.29, 0.717) is 13.1 Å². The average molecular weight is 367 g/mol. The molecule has 0 spiro atoms. The van der Waals surface area contributed by atoms with Crippen LogP contribution in [0.15, 0.2) is 36.5 Å². The summed E-state index contributed by atoms with van der Waals surface area (Å²) in [5.74, 6) is -0.420. The largest absolute Gasteiger partial charge is 0.340 e. The van der Waals surface area contributed by atoms with Crippen molar-refractivity contribution in [3.63, 3.8) is 0 Å². The molecule has 2 aliphatic heterocycles. The van der Waals surface area contributed by atoms with Crippen molar-refractivity contribution in [3.05, 3.63) is 42.2 Å². The Morgan fingerprint density at radius 3 is 2.78 bits per heavy atom. The van der Waals surface area contributed by atoms with Gasteiger partial charge in [-0.25, -0.2) is 4.79 Å². The molecule has 140 valence electrons. The molecule has 1 aromatic carbocycles. The van der Waals surface area contributed by atoms with Gasteiger partial charge in [-0.15, -0.1) is 0 Å². The number of carbonyl (C=O) groups is 3. The zero-order valence-electron chi connectivity index (χ0n) is 14.9. The van der Waals surface area contributed by atoms with E-state index in [9.17, 15) is 14.4 Å². The number of likely N-dealkylation sites (tertiary alicyclic amines) is 1. The van der Waals surface area contributed by atoms with Crippen LogP contribution in [0.3, 0.4) is 0 Å². The molecule has 8 heteroatoms. The van der Waals surface area contributed by atoms with Crippen molar-refractivity contribution in [2.24, 2.45) is 0 Å². The molecule has 4 amide bonds. The molecule has 2 aromatic rings. The number of piperidine rings is 1. The maximum absolute atomic E-state index is 12.6. The van der Waals surface area contributed by atoms with Gasteiger partial charge in [-0.3, -0.25) is 19.6 Å². The molecule has 1 atom stereocenters. The predicted octanol–water partition coefficient (Wildman–Crippen LogP) is 1.33. The summed E-state index contributed by atoms with van der Waals surface area (Å²) in [5, 5.41) is 9.75. The van der Waals surface area contributed by atoms with Crippen LogP contribution in [0.1, 0.15) is 24.5 Å². The number of nitrogens with one attached hydrogen (secondary N) is 2. The lowest BCUT2D eigenvalue weighted by molar-refractivity contribution is -0.137. The number of nitrogens with zero attached hydrogens (tertiary/aromatic N) is 3. The molecule has 2 saturated heterocycles. The second-order valence-corrected chi connectivity index (χ2v) is 6.88. The summed E-state index contributed by atoms with van der Waals surface area (Å²) >= 11 is 0. The number of aromatic amines is 1. The molecule has 1 unspecified atom stereocenters. The second-order valence-electron chi connectivity index (χ2n) is 6.88. The van der Waals surface area contributed by atoms with Crippen LogP contribution in [-0.2, 0) is 9.59 Å². The Hall–Kier alpha value is -3.16. The third-order valence-corrected chi connectivity index (χ3v) is 5.17. The number of benzene rings is 1. The Morgan fingerprint density at radius 2 is 2.04 bits per heavy atom. The highest BCUT2D eigenvalue weighted by molar-refractivity contribution is 6.04. The van der Waals surface area contributed by atoms with Gasteiger partial charge in [0.2, 0.25) is 5.91 Å². The Kier molecular flexibility index (Phi) is 4.62. The minimum atomic E-state index is -0.498. The first-order valence-electron chi connectivity index (χ1n) is 9.08. The summed E-state index contributed by atoms with van der Waals surface area (Å²) in [4.78, 5) is 38.7. The molecule has 0 saturated carbocycles. The van der Waals surface area contributed by atoms with E-state index in [1.807, 2.05) is 36.5 Å². The first kappa shape index (κ1) is 17.3. The van der Waals surface area contributed by atoms with Crippen LogP contribution < -0.4 is 5.32 Å². The number of imide groups is 1. The highest BCUT2D eigenvalue weighted by Crippen LogP contribution is 2.33. The number of aromatic nitrogens is 2. The zero-order valence-corrected chi connectivity index (χ0v) is 14.9. The first-order chi connectivity index (χ1) is 13.1. The Morgan fingerprint density at radius 1 is 1.22 bits per heavy atom. The normalized spacial score (nSPS) is 20.1. The molecule has 0 bridgehead atoms. The van der Waals surface area contributed by atoms with Gasteiger partial charge in [0.05, 0.1) is 12.7 Å². The first-order valence-corrected chi connectivity index (χ1v) is 9.08. The van der Waals surface area contributed by atoms with E-state index in [1.54, 1.807) is 4.90 Å². The molecular weight excluding hydrogens is 346 g/mol. The quantitative estimate of drug-likeness (QED) is 0.797. The Balaban J connectivity index is 1.48. The minimum Gasteiger partial charge on any atom is -0.340 e. The van der Waals surface area contributed by atoms with E-state index in [2.05, 4.69) is 15.5 Å². The molecule has 2 aliphatic rings. The summed E-state index contributed by atoms with van der Waals surface area (Å²) in [6, 6.07) is 9.53. The smallest absolute Gasteiger partial charge is 0.325 e.